The fourth-order valence-corrected chi connectivity index (χ4v) is 2.49. The monoisotopic (exact) mass is 315 g/mol. The number of hydrogen-bond acceptors (Lipinski definition) is 2. The first-order valence-corrected chi connectivity index (χ1v) is 7.66. The minimum atomic E-state index is -0.659. The fraction of sp³-hybridized carbons (Fsp3) is 0.316. The van der Waals surface area contributed by atoms with Gasteiger partial charge >= 0.3 is 0 Å². The summed E-state index contributed by atoms with van der Waals surface area (Å²) >= 11 is 0. The van der Waals surface area contributed by atoms with Crippen LogP contribution in [0.2, 0.25) is 0 Å². The van der Waals surface area contributed by atoms with Crippen molar-refractivity contribution < 1.29 is 13.9 Å². The molecule has 3 nitrogen and oxygen atoms in total. The standard InChI is InChI=1S/C19H22FNO2/c1-12-5-10-18(13(2)11-12)14(3)21-19(22)15(4)23-17-8-6-16(20)7-9-17/h5-11,14-15H,1-4H3,(H,21,22)/t14-,15-/m0/s1. The maximum atomic E-state index is 12.9. The number of aryl methyl sites for hydroxylation is 2. The summed E-state index contributed by atoms with van der Waals surface area (Å²) in [5.74, 6) is -0.0760. The average Bonchev–Trinajstić information content (AvgIpc) is 2.49. The number of halogens is 1. The lowest BCUT2D eigenvalue weighted by molar-refractivity contribution is -0.127. The zero-order valence-corrected chi connectivity index (χ0v) is 13.9. The van der Waals surface area contributed by atoms with Crippen molar-refractivity contribution in [3.63, 3.8) is 0 Å². The molecule has 1 amide bonds. The Morgan fingerprint density at radius 1 is 1.09 bits per heavy atom. The second-order valence-corrected chi connectivity index (χ2v) is 5.80. The molecule has 0 aromatic heterocycles. The molecule has 0 unspecified atom stereocenters. The van der Waals surface area contributed by atoms with Crippen molar-refractivity contribution in [2.75, 3.05) is 0 Å². The van der Waals surface area contributed by atoms with Gasteiger partial charge in [0.15, 0.2) is 6.10 Å². The van der Waals surface area contributed by atoms with Crippen LogP contribution in [0.4, 0.5) is 4.39 Å². The van der Waals surface area contributed by atoms with Crippen LogP contribution in [0, 0.1) is 19.7 Å². The summed E-state index contributed by atoms with van der Waals surface area (Å²) in [5, 5.41) is 2.95. The lowest BCUT2D eigenvalue weighted by atomic mass is 10.0. The van der Waals surface area contributed by atoms with E-state index in [1.165, 1.54) is 29.8 Å². The Labute approximate surface area is 136 Å². The molecule has 0 aliphatic heterocycles. The van der Waals surface area contributed by atoms with Crippen molar-refractivity contribution in [3.05, 3.63) is 65.0 Å². The number of carbonyl (C=O) groups excluding carboxylic acids is 1. The molecule has 0 bridgehead atoms. The van der Waals surface area contributed by atoms with Gasteiger partial charge in [0.25, 0.3) is 5.91 Å². The summed E-state index contributed by atoms with van der Waals surface area (Å²) in [5.41, 5.74) is 3.42. The summed E-state index contributed by atoms with van der Waals surface area (Å²) in [4.78, 5) is 12.3. The first kappa shape index (κ1) is 17.0. The van der Waals surface area contributed by atoms with E-state index in [2.05, 4.69) is 11.4 Å². The van der Waals surface area contributed by atoms with Gasteiger partial charge in [0.1, 0.15) is 11.6 Å². The second-order valence-electron chi connectivity index (χ2n) is 5.80. The van der Waals surface area contributed by atoms with Crippen molar-refractivity contribution in [1.82, 2.24) is 5.32 Å². The van der Waals surface area contributed by atoms with E-state index in [0.717, 1.165) is 11.1 Å². The highest BCUT2D eigenvalue weighted by atomic mass is 19.1. The third-order valence-electron chi connectivity index (χ3n) is 3.75. The Kier molecular flexibility index (Phi) is 5.37. The largest absolute Gasteiger partial charge is 0.481 e. The molecule has 0 aliphatic rings. The van der Waals surface area contributed by atoms with E-state index < -0.39 is 6.10 Å². The maximum Gasteiger partial charge on any atom is 0.261 e. The fourth-order valence-electron chi connectivity index (χ4n) is 2.49. The Bertz CT molecular complexity index is 682. The molecule has 0 saturated carbocycles. The first-order valence-electron chi connectivity index (χ1n) is 7.66. The van der Waals surface area contributed by atoms with Crippen LogP contribution in [0.25, 0.3) is 0 Å². The molecule has 0 spiro atoms. The second kappa shape index (κ2) is 7.27. The molecule has 0 heterocycles. The third-order valence-corrected chi connectivity index (χ3v) is 3.75. The van der Waals surface area contributed by atoms with Gasteiger partial charge in [0.2, 0.25) is 0 Å². The summed E-state index contributed by atoms with van der Waals surface area (Å²) in [6, 6.07) is 11.7. The number of ether oxygens (including phenoxy) is 1. The zero-order valence-electron chi connectivity index (χ0n) is 13.9. The number of nitrogens with one attached hydrogen (secondary N) is 1. The van der Waals surface area contributed by atoms with Crippen LogP contribution in [0.5, 0.6) is 5.75 Å². The molecule has 1 N–H and O–H groups in total. The van der Waals surface area contributed by atoms with E-state index >= 15 is 0 Å². The summed E-state index contributed by atoms with van der Waals surface area (Å²) in [7, 11) is 0. The van der Waals surface area contributed by atoms with E-state index in [4.69, 9.17) is 4.74 Å². The Morgan fingerprint density at radius 2 is 1.74 bits per heavy atom. The molecule has 2 rings (SSSR count). The molecule has 2 aromatic carbocycles. The molecule has 0 radical (unpaired) electrons. The summed E-state index contributed by atoms with van der Waals surface area (Å²) < 4.78 is 18.4. The molecule has 0 fully saturated rings. The lowest BCUT2D eigenvalue weighted by Gasteiger charge is -2.20. The van der Waals surface area contributed by atoms with Crippen LogP contribution in [-0.4, -0.2) is 12.0 Å². The van der Waals surface area contributed by atoms with Crippen LogP contribution in [0.3, 0.4) is 0 Å². The van der Waals surface area contributed by atoms with Crippen LogP contribution >= 0.6 is 0 Å². The van der Waals surface area contributed by atoms with E-state index in [1.807, 2.05) is 32.9 Å². The van der Waals surface area contributed by atoms with Crippen LogP contribution in [0.15, 0.2) is 42.5 Å². The quantitative estimate of drug-likeness (QED) is 0.902. The molecule has 122 valence electrons. The number of carbonyl (C=O) groups is 1. The Morgan fingerprint density at radius 3 is 2.35 bits per heavy atom. The van der Waals surface area contributed by atoms with E-state index in [0.29, 0.717) is 5.75 Å². The predicted molar refractivity (Wildman–Crippen MR) is 89.0 cm³/mol. The number of hydrogen-bond donors (Lipinski definition) is 1. The molecule has 23 heavy (non-hydrogen) atoms. The molecular formula is C19H22FNO2. The van der Waals surface area contributed by atoms with Gasteiger partial charge in [0.05, 0.1) is 6.04 Å². The first-order chi connectivity index (χ1) is 10.9. The molecule has 2 atom stereocenters. The minimum Gasteiger partial charge on any atom is -0.481 e. The van der Waals surface area contributed by atoms with Crippen molar-refractivity contribution in [3.8, 4) is 5.75 Å². The number of amides is 1. The molecule has 2 aromatic rings. The highest BCUT2D eigenvalue weighted by molar-refractivity contribution is 5.81. The van der Waals surface area contributed by atoms with Gasteiger partial charge in [0, 0.05) is 0 Å². The third kappa shape index (κ3) is 4.55. The van der Waals surface area contributed by atoms with Crippen molar-refractivity contribution in [2.24, 2.45) is 0 Å². The van der Waals surface area contributed by atoms with Crippen LogP contribution < -0.4 is 10.1 Å². The minimum absolute atomic E-state index is 0.109. The van der Waals surface area contributed by atoms with Gasteiger partial charge < -0.3 is 10.1 Å². The van der Waals surface area contributed by atoms with E-state index in [-0.39, 0.29) is 17.8 Å². The molecule has 0 saturated heterocycles. The average molecular weight is 315 g/mol. The van der Waals surface area contributed by atoms with Crippen molar-refractivity contribution >= 4 is 5.91 Å². The van der Waals surface area contributed by atoms with Gasteiger partial charge in [-0.3, -0.25) is 4.79 Å². The van der Waals surface area contributed by atoms with Crippen LogP contribution in [-0.2, 0) is 4.79 Å². The Hall–Kier alpha value is -2.36. The highest BCUT2D eigenvalue weighted by Crippen LogP contribution is 2.19. The summed E-state index contributed by atoms with van der Waals surface area (Å²) in [6.07, 6.45) is -0.659. The molecule has 0 aliphatic carbocycles. The Balaban J connectivity index is 1.98. The van der Waals surface area contributed by atoms with Gasteiger partial charge in [-0.2, -0.15) is 0 Å². The SMILES string of the molecule is Cc1ccc([C@H](C)NC(=O)[C@H](C)Oc2ccc(F)cc2)c(C)c1. The normalized spacial score (nSPS) is 13.3. The number of benzene rings is 2. The predicted octanol–water partition coefficient (Wildman–Crippen LogP) is 4.09. The summed E-state index contributed by atoms with van der Waals surface area (Å²) in [6.45, 7) is 7.69. The van der Waals surface area contributed by atoms with Crippen molar-refractivity contribution in [1.29, 1.82) is 0 Å². The van der Waals surface area contributed by atoms with Crippen molar-refractivity contribution in [2.45, 2.75) is 39.8 Å². The maximum absolute atomic E-state index is 12.9. The molecule has 4 heteroatoms. The van der Waals surface area contributed by atoms with Gasteiger partial charge in [-0.25, -0.2) is 4.39 Å². The van der Waals surface area contributed by atoms with E-state index in [1.54, 1.807) is 6.92 Å². The lowest BCUT2D eigenvalue weighted by Crippen LogP contribution is -2.38. The zero-order chi connectivity index (χ0) is 17.0. The molecular weight excluding hydrogens is 293 g/mol. The van der Waals surface area contributed by atoms with Gasteiger partial charge in [-0.1, -0.05) is 23.8 Å². The highest BCUT2D eigenvalue weighted by Gasteiger charge is 2.18. The van der Waals surface area contributed by atoms with Crippen LogP contribution in [0.1, 0.15) is 36.6 Å². The van der Waals surface area contributed by atoms with E-state index in [9.17, 15) is 9.18 Å². The van der Waals surface area contributed by atoms with Gasteiger partial charge in [-0.15, -0.1) is 0 Å². The topological polar surface area (TPSA) is 38.3 Å². The van der Waals surface area contributed by atoms with Gasteiger partial charge in [-0.05, 0) is 63.1 Å². The smallest absolute Gasteiger partial charge is 0.261 e. The number of rotatable bonds is 5.